The highest BCUT2D eigenvalue weighted by Crippen LogP contribution is 2.22. The van der Waals surface area contributed by atoms with Crippen molar-refractivity contribution in [2.75, 3.05) is 6.54 Å². The van der Waals surface area contributed by atoms with Crippen molar-refractivity contribution in [1.29, 1.82) is 0 Å². The molecule has 29 heavy (non-hydrogen) atoms. The molecule has 0 atom stereocenters. The highest BCUT2D eigenvalue weighted by Gasteiger charge is 2.17. The van der Waals surface area contributed by atoms with Gasteiger partial charge in [-0.15, -0.1) is 0 Å². The lowest BCUT2D eigenvalue weighted by atomic mass is 9.87. The molecule has 0 spiro atoms. The summed E-state index contributed by atoms with van der Waals surface area (Å²) < 4.78 is 0.870. The van der Waals surface area contributed by atoms with Crippen molar-refractivity contribution < 1.29 is 19.5 Å². The number of hydrogen-bond donors (Lipinski definition) is 3. The van der Waals surface area contributed by atoms with Gasteiger partial charge in [0.1, 0.15) is 12.2 Å². The molecule has 6 nitrogen and oxygen atoms in total. The fourth-order valence-corrected chi connectivity index (χ4v) is 2.72. The van der Waals surface area contributed by atoms with Gasteiger partial charge < -0.3 is 15.7 Å². The van der Waals surface area contributed by atoms with Crippen LogP contribution < -0.4 is 10.6 Å². The van der Waals surface area contributed by atoms with Gasteiger partial charge in [-0.25, -0.2) is 0 Å². The van der Waals surface area contributed by atoms with E-state index >= 15 is 0 Å². The van der Waals surface area contributed by atoms with Gasteiger partial charge in [0.2, 0.25) is 0 Å². The molecule has 2 amide bonds. The third-order valence-electron chi connectivity index (χ3n) is 4.09. The van der Waals surface area contributed by atoms with Crippen LogP contribution >= 0.6 is 15.9 Å². The zero-order chi connectivity index (χ0) is 21.6. The number of carbonyl (C=O) groups is 3. The number of hydrogen-bond acceptors (Lipinski definition) is 3. The van der Waals surface area contributed by atoms with Crippen LogP contribution in [0, 0.1) is 0 Å². The van der Waals surface area contributed by atoms with Gasteiger partial charge in [-0.05, 0) is 46.9 Å². The van der Waals surface area contributed by atoms with Crippen LogP contribution in [-0.4, -0.2) is 29.4 Å². The Bertz CT molecular complexity index is 927. The lowest BCUT2D eigenvalue weighted by Crippen LogP contribution is -2.37. The molecule has 0 aliphatic carbocycles. The standard InChI is InChI=1S/C22H23BrN2O4/c1-22(2,3)16-8-6-15(7-9-16)20(28)25-18(21(29)24-13-19(26)27)12-14-4-10-17(23)11-5-14/h4-12H,13H2,1-3H3,(H,24,29)(H,25,28)(H,26,27). The Labute approximate surface area is 178 Å². The van der Waals surface area contributed by atoms with E-state index in [-0.39, 0.29) is 11.1 Å². The van der Waals surface area contributed by atoms with Crippen molar-refractivity contribution in [3.05, 3.63) is 75.4 Å². The maximum Gasteiger partial charge on any atom is 0.322 e. The highest BCUT2D eigenvalue weighted by atomic mass is 79.9. The number of carbonyl (C=O) groups excluding carboxylic acids is 2. The van der Waals surface area contributed by atoms with Crippen LogP contribution in [0.4, 0.5) is 0 Å². The summed E-state index contributed by atoms with van der Waals surface area (Å²) in [6.45, 7) is 5.68. The van der Waals surface area contributed by atoms with Crippen molar-refractivity contribution in [2.45, 2.75) is 26.2 Å². The molecule has 0 saturated heterocycles. The van der Waals surface area contributed by atoms with Crippen molar-refractivity contribution >= 4 is 39.8 Å². The number of amides is 2. The topological polar surface area (TPSA) is 95.5 Å². The predicted octanol–water partition coefficient (Wildman–Crippen LogP) is 3.72. The van der Waals surface area contributed by atoms with E-state index in [1.165, 1.54) is 6.08 Å². The van der Waals surface area contributed by atoms with Gasteiger partial charge in [0.25, 0.3) is 11.8 Å². The second-order valence-electron chi connectivity index (χ2n) is 7.47. The van der Waals surface area contributed by atoms with E-state index < -0.39 is 24.3 Å². The first-order valence-corrected chi connectivity index (χ1v) is 9.75. The molecule has 0 heterocycles. The van der Waals surface area contributed by atoms with Gasteiger partial charge >= 0.3 is 5.97 Å². The average Bonchev–Trinajstić information content (AvgIpc) is 2.66. The Kier molecular flexibility index (Phi) is 7.34. The fourth-order valence-electron chi connectivity index (χ4n) is 2.45. The number of aliphatic carboxylic acids is 1. The van der Waals surface area contributed by atoms with E-state index in [1.54, 1.807) is 36.4 Å². The smallest absolute Gasteiger partial charge is 0.322 e. The molecule has 0 aromatic heterocycles. The van der Waals surface area contributed by atoms with Crippen LogP contribution in [0.15, 0.2) is 58.7 Å². The van der Waals surface area contributed by atoms with E-state index in [1.807, 2.05) is 12.1 Å². The Morgan fingerprint density at radius 1 is 1.00 bits per heavy atom. The van der Waals surface area contributed by atoms with Crippen LogP contribution in [0.25, 0.3) is 6.08 Å². The summed E-state index contributed by atoms with van der Waals surface area (Å²) in [5.74, 6) is -2.32. The highest BCUT2D eigenvalue weighted by molar-refractivity contribution is 9.10. The van der Waals surface area contributed by atoms with Crippen molar-refractivity contribution in [3.8, 4) is 0 Å². The quantitative estimate of drug-likeness (QED) is 0.574. The molecule has 0 aliphatic heterocycles. The van der Waals surface area contributed by atoms with E-state index in [0.29, 0.717) is 11.1 Å². The molecule has 7 heteroatoms. The van der Waals surface area contributed by atoms with Crippen molar-refractivity contribution in [1.82, 2.24) is 10.6 Å². The molecule has 2 aromatic rings. The summed E-state index contributed by atoms with van der Waals surface area (Å²) in [6, 6.07) is 14.3. The minimum atomic E-state index is -1.18. The van der Waals surface area contributed by atoms with Crippen LogP contribution in [0.2, 0.25) is 0 Å². The van der Waals surface area contributed by atoms with Gasteiger partial charge in [-0.2, -0.15) is 0 Å². The van der Waals surface area contributed by atoms with E-state index in [4.69, 9.17) is 5.11 Å². The molecule has 0 unspecified atom stereocenters. The molecule has 2 aromatic carbocycles. The molecule has 3 N–H and O–H groups in total. The third kappa shape index (κ3) is 6.87. The Hall–Kier alpha value is -2.93. The molecule has 2 rings (SSSR count). The zero-order valence-corrected chi connectivity index (χ0v) is 18.0. The molecule has 0 radical (unpaired) electrons. The summed E-state index contributed by atoms with van der Waals surface area (Å²) >= 11 is 3.34. The van der Waals surface area contributed by atoms with E-state index in [2.05, 4.69) is 47.3 Å². The first-order chi connectivity index (χ1) is 13.6. The SMILES string of the molecule is CC(C)(C)c1ccc(C(=O)NC(=Cc2ccc(Br)cc2)C(=O)NCC(=O)O)cc1. The first kappa shape index (κ1) is 22.4. The minimum absolute atomic E-state index is 0.0431. The number of carboxylic acids is 1. The second kappa shape index (κ2) is 9.52. The number of nitrogens with one attached hydrogen (secondary N) is 2. The lowest BCUT2D eigenvalue weighted by molar-refractivity contribution is -0.137. The van der Waals surface area contributed by atoms with Crippen LogP contribution in [0.5, 0.6) is 0 Å². The Morgan fingerprint density at radius 3 is 2.10 bits per heavy atom. The number of rotatable bonds is 6. The lowest BCUT2D eigenvalue weighted by Gasteiger charge is -2.19. The molecule has 152 valence electrons. The van der Waals surface area contributed by atoms with Gasteiger partial charge in [0.15, 0.2) is 0 Å². The summed E-state index contributed by atoms with van der Waals surface area (Å²) in [5, 5.41) is 13.6. The normalized spacial score (nSPS) is 11.7. The first-order valence-electron chi connectivity index (χ1n) is 8.95. The van der Waals surface area contributed by atoms with E-state index in [0.717, 1.165) is 10.0 Å². The largest absolute Gasteiger partial charge is 0.480 e. The van der Waals surface area contributed by atoms with Crippen molar-refractivity contribution in [2.24, 2.45) is 0 Å². The number of halogens is 1. The van der Waals surface area contributed by atoms with Gasteiger partial charge in [0.05, 0.1) is 0 Å². The molecule has 0 bridgehead atoms. The van der Waals surface area contributed by atoms with E-state index in [9.17, 15) is 14.4 Å². The maximum atomic E-state index is 12.6. The Balaban J connectivity index is 2.26. The van der Waals surface area contributed by atoms with Crippen LogP contribution in [0.1, 0.15) is 42.3 Å². The maximum absolute atomic E-state index is 12.6. The van der Waals surface area contributed by atoms with Crippen molar-refractivity contribution in [3.63, 3.8) is 0 Å². The number of carboxylic acid groups (broad SMARTS) is 1. The molecular weight excluding hydrogens is 436 g/mol. The second-order valence-corrected chi connectivity index (χ2v) is 8.38. The van der Waals surface area contributed by atoms with Gasteiger partial charge in [-0.1, -0.05) is 61.0 Å². The van der Waals surface area contributed by atoms with Gasteiger partial charge in [0, 0.05) is 10.0 Å². The molecular formula is C22H23BrN2O4. The summed E-state index contributed by atoms with van der Waals surface area (Å²) in [4.78, 5) is 35.8. The van der Waals surface area contributed by atoms with Gasteiger partial charge in [-0.3, -0.25) is 14.4 Å². The molecule has 0 aliphatic rings. The molecule has 0 fully saturated rings. The summed E-state index contributed by atoms with van der Waals surface area (Å²) in [5.41, 5.74) is 2.07. The Morgan fingerprint density at radius 2 is 1.59 bits per heavy atom. The average molecular weight is 459 g/mol. The van der Waals surface area contributed by atoms with Crippen LogP contribution in [-0.2, 0) is 15.0 Å². The minimum Gasteiger partial charge on any atom is -0.480 e. The summed E-state index contributed by atoms with van der Waals surface area (Å²) in [6.07, 6.45) is 1.49. The number of benzene rings is 2. The fraction of sp³-hybridized carbons (Fsp3) is 0.227. The predicted molar refractivity (Wildman–Crippen MR) is 115 cm³/mol. The third-order valence-corrected chi connectivity index (χ3v) is 4.62. The monoisotopic (exact) mass is 458 g/mol. The van der Waals surface area contributed by atoms with Crippen LogP contribution in [0.3, 0.4) is 0 Å². The summed E-state index contributed by atoms with van der Waals surface area (Å²) in [7, 11) is 0. The molecule has 0 saturated carbocycles. The zero-order valence-electron chi connectivity index (χ0n) is 16.5.